The topological polar surface area (TPSA) is 89.5 Å². The molecule has 0 aromatic heterocycles. The molecule has 0 amide bonds. The molecule has 0 spiro atoms. The van der Waals surface area contributed by atoms with Gasteiger partial charge in [0.1, 0.15) is 11.5 Å². The predicted octanol–water partition coefficient (Wildman–Crippen LogP) is 7.93. The maximum atomic E-state index is 13.2. The summed E-state index contributed by atoms with van der Waals surface area (Å²) in [5.41, 5.74) is 1.68. The van der Waals surface area contributed by atoms with Gasteiger partial charge in [-0.3, -0.25) is 9.59 Å². The summed E-state index contributed by atoms with van der Waals surface area (Å²) in [6.07, 6.45) is 0. The fraction of sp³-hybridized carbons (Fsp3) is 0.588. The molecule has 1 fully saturated rings. The van der Waals surface area contributed by atoms with Crippen LogP contribution in [0.2, 0.25) is 36.3 Å². The molecule has 1 aliphatic carbocycles. The number of esters is 2. The van der Waals surface area contributed by atoms with Crippen molar-refractivity contribution in [2.24, 2.45) is 11.8 Å². The summed E-state index contributed by atoms with van der Waals surface area (Å²) in [6, 6.07) is 11.5. The highest BCUT2D eigenvalue weighted by Gasteiger charge is 2.60. The Morgan fingerprint density at radius 1 is 0.568 bits per heavy atom. The first-order valence-electron chi connectivity index (χ1n) is 15.1. The van der Waals surface area contributed by atoms with Crippen LogP contribution in [0.25, 0.3) is 0 Å². The Bertz CT molecular complexity index is 1250. The van der Waals surface area contributed by atoms with Gasteiger partial charge in [0, 0.05) is 11.8 Å². The summed E-state index contributed by atoms with van der Waals surface area (Å²) in [4.78, 5) is 26.4. The largest absolute Gasteiger partial charge is 0.541 e. The van der Waals surface area contributed by atoms with Crippen molar-refractivity contribution < 1.29 is 37.4 Å². The van der Waals surface area contributed by atoms with Crippen molar-refractivity contribution in [1.29, 1.82) is 0 Å². The molecule has 0 bridgehead atoms. The van der Waals surface area contributed by atoms with Crippen LogP contribution < -0.4 is 18.3 Å². The average molecular weight is 645 g/mol. The van der Waals surface area contributed by atoms with Crippen LogP contribution in [0.15, 0.2) is 36.4 Å². The predicted molar refractivity (Wildman–Crippen MR) is 178 cm³/mol. The lowest BCUT2D eigenvalue weighted by molar-refractivity contribution is -0.168. The Morgan fingerprint density at radius 2 is 0.886 bits per heavy atom. The minimum absolute atomic E-state index is 0.00101. The third-order valence-corrected chi connectivity index (χ3v) is 18.7. The van der Waals surface area contributed by atoms with Crippen LogP contribution in [0.3, 0.4) is 0 Å². The molecule has 1 saturated carbocycles. The van der Waals surface area contributed by atoms with Crippen LogP contribution in [0.1, 0.15) is 64.5 Å². The van der Waals surface area contributed by atoms with E-state index < -0.39 is 40.4 Å². The molecule has 4 atom stereocenters. The van der Waals surface area contributed by atoms with Crippen LogP contribution in [0.4, 0.5) is 0 Å². The number of hydrogen-bond donors (Lipinski definition) is 0. The first-order valence-corrected chi connectivity index (χ1v) is 21.0. The molecule has 8 nitrogen and oxygen atoms in total. The smallest absolute Gasteiger partial charge is 0.310 e. The summed E-state index contributed by atoms with van der Waals surface area (Å²) in [7, 11) is 1.60. The summed E-state index contributed by atoms with van der Waals surface area (Å²) in [5.74, 6) is -0.735. The number of hydrogen-bond acceptors (Lipinski definition) is 8. The molecule has 10 heteroatoms. The van der Waals surface area contributed by atoms with Gasteiger partial charge in [-0.2, -0.15) is 0 Å². The van der Waals surface area contributed by atoms with Gasteiger partial charge < -0.3 is 27.8 Å². The fourth-order valence-electron chi connectivity index (χ4n) is 5.24. The molecule has 0 N–H and O–H groups in total. The van der Waals surface area contributed by atoms with Gasteiger partial charge in [-0.25, -0.2) is 0 Å². The molecule has 2 aromatic rings. The molecule has 44 heavy (non-hydrogen) atoms. The Morgan fingerprint density at radius 3 is 1.14 bits per heavy atom. The summed E-state index contributed by atoms with van der Waals surface area (Å²) in [6.45, 7) is 21.8. The second-order valence-electron chi connectivity index (χ2n) is 14.7. The highest BCUT2D eigenvalue weighted by atomic mass is 28.4. The number of rotatable bonds is 10. The van der Waals surface area contributed by atoms with Crippen LogP contribution in [0.5, 0.6) is 23.0 Å². The Labute approximate surface area is 266 Å². The standard InChI is InChI=1S/C34H52O8Si2/c1-33(2,3)43(11,12)41-23-17-15-21(19-25(23)37-7)27-28(30(32(36)40-10)29(27)31(35)39-9)22-16-18-24(26(20-22)38-8)42-44(13,14)34(4,5)6/h15-20,27-30H,1-14H3/t27-,28+,29-,30-/m0/s1. The zero-order valence-corrected chi connectivity index (χ0v) is 31.0. The van der Waals surface area contributed by atoms with Gasteiger partial charge in [-0.05, 0) is 71.7 Å². The van der Waals surface area contributed by atoms with E-state index in [-0.39, 0.29) is 21.9 Å². The molecule has 0 unspecified atom stereocenters. The molecular weight excluding hydrogens is 593 g/mol. The molecule has 0 saturated heterocycles. The molecule has 1 aliphatic rings. The highest BCUT2D eigenvalue weighted by Crippen LogP contribution is 2.60. The number of carbonyl (C=O) groups excluding carboxylic acids is 2. The van der Waals surface area contributed by atoms with Crippen LogP contribution in [-0.2, 0) is 19.1 Å². The van der Waals surface area contributed by atoms with Gasteiger partial charge in [0.05, 0.1) is 40.3 Å². The average Bonchev–Trinajstić information content (AvgIpc) is 2.92. The Hall–Kier alpha value is -2.99. The van der Waals surface area contributed by atoms with Gasteiger partial charge in [-0.1, -0.05) is 53.7 Å². The van der Waals surface area contributed by atoms with Gasteiger partial charge in [0.2, 0.25) is 0 Å². The van der Waals surface area contributed by atoms with E-state index in [1.165, 1.54) is 14.2 Å². The van der Waals surface area contributed by atoms with E-state index in [1.807, 2.05) is 36.4 Å². The van der Waals surface area contributed by atoms with Gasteiger partial charge in [-0.15, -0.1) is 0 Å². The third-order valence-electron chi connectivity index (χ3n) is 9.98. The van der Waals surface area contributed by atoms with E-state index >= 15 is 0 Å². The van der Waals surface area contributed by atoms with Gasteiger partial charge in [0.25, 0.3) is 16.6 Å². The monoisotopic (exact) mass is 644 g/mol. The maximum absolute atomic E-state index is 13.2. The second-order valence-corrected chi connectivity index (χ2v) is 24.1. The molecule has 0 aliphatic heterocycles. The van der Waals surface area contributed by atoms with Crippen molar-refractivity contribution in [3.05, 3.63) is 47.5 Å². The summed E-state index contributed by atoms with van der Waals surface area (Å²) in [5, 5.41) is -0.00202. The molecule has 244 valence electrons. The molecular formula is C34H52O8Si2. The fourth-order valence-corrected chi connectivity index (χ4v) is 7.29. The van der Waals surface area contributed by atoms with Crippen molar-refractivity contribution >= 4 is 28.6 Å². The number of ether oxygens (including phenoxy) is 4. The van der Waals surface area contributed by atoms with Crippen LogP contribution in [-0.4, -0.2) is 57.0 Å². The summed E-state index contributed by atoms with van der Waals surface area (Å²) >= 11 is 0. The Kier molecular flexibility index (Phi) is 10.3. The first-order chi connectivity index (χ1) is 20.2. The molecule has 0 heterocycles. The van der Waals surface area contributed by atoms with E-state index in [0.29, 0.717) is 23.0 Å². The van der Waals surface area contributed by atoms with Crippen molar-refractivity contribution in [2.45, 2.75) is 89.6 Å². The lowest BCUT2D eigenvalue weighted by Crippen LogP contribution is -2.52. The minimum atomic E-state index is -2.15. The van der Waals surface area contributed by atoms with Crippen LogP contribution >= 0.6 is 0 Å². The molecule has 0 radical (unpaired) electrons. The van der Waals surface area contributed by atoms with E-state index in [0.717, 1.165) is 11.1 Å². The second kappa shape index (κ2) is 12.8. The number of carbonyl (C=O) groups is 2. The van der Waals surface area contributed by atoms with E-state index in [9.17, 15) is 9.59 Å². The Balaban J connectivity index is 2.14. The van der Waals surface area contributed by atoms with E-state index in [1.54, 1.807) is 14.2 Å². The highest BCUT2D eigenvalue weighted by molar-refractivity contribution is 6.75. The van der Waals surface area contributed by atoms with E-state index in [2.05, 4.69) is 67.7 Å². The lowest BCUT2D eigenvalue weighted by atomic mass is 9.52. The van der Waals surface area contributed by atoms with Gasteiger partial charge in [0.15, 0.2) is 11.5 Å². The maximum Gasteiger partial charge on any atom is 0.310 e. The van der Waals surface area contributed by atoms with Crippen molar-refractivity contribution in [2.75, 3.05) is 28.4 Å². The van der Waals surface area contributed by atoms with E-state index in [4.69, 9.17) is 27.8 Å². The minimum Gasteiger partial charge on any atom is -0.541 e. The zero-order chi connectivity index (χ0) is 33.4. The number of benzene rings is 2. The molecule has 3 rings (SSSR count). The van der Waals surface area contributed by atoms with Crippen molar-refractivity contribution in [3.63, 3.8) is 0 Å². The summed E-state index contributed by atoms with van der Waals surface area (Å²) < 4.78 is 35.2. The quantitative estimate of drug-likeness (QED) is 0.190. The third kappa shape index (κ3) is 6.81. The lowest BCUT2D eigenvalue weighted by Gasteiger charge is -2.49. The zero-order valence-electron chi connectivity index (χ0n) is 29.0. The van der Waals surface area contributed by atoms with Crippen LogP contribution in [0, 0.1) is 11.8 Å². The normalized spacial score (nSPS) is 20.7. The van der Waals surface area contributed by atoms with Gasteiger partial charge >= 0.3 is 11.9 Å². The number of methoxy groups -OCH3 is 4. The SMILES string of the molecule is COC(=O)[C@@H]1[C@@H](C(=O)OC)[C@H](c2ccc(O[Si](C)(C)C(C)(C)C)c(OC)c2)[C@@H]1c1ccc(O[Si](C)(C)C(C)(C)C)c(OC)c1. The molecule has 2 aromatic carbocycles. The van der Waals surface area contributed by atoms with Crippen molar-refractivity contribution in [1.82, 2.24) is 0 Å². The van der Waals surface area contributed by atoms with Crippen molar-refractivity contribution in [3.8, 4) is 23.0 Å². The first kappa shape index (κ1) is 35.5.